The van der Waals surface area contributed by atoms with Crippen molar-refractivity contribution in [2.75, 3.05) is 6.54 Å². The molecule has 2 nitrogen and oxygen atoms in total. The van der Waals surface area contributed by atoms with E-state index < -0.39 is 17.8 Å². The molecule has 2 N–H and O–H groups in total. The minimum absolute atomic E-state index is 0.0228. The molecule has 0 aromatic heterocycles. The zero-order valence-electron chi connectivity index (χ0n) is 12.2. The first-order valence-corrected chi connectivity index (χ1v) is 7.49. The van der Waals surface area contributed by atoms with E-state index in [1.807, 2.05) is 0 Å². The molecule has 0 radical (unpaired) electrons. The minimum atomic E-state index is -4.43. The van der Waals surface area contributed by atoms with Crippen molar-refractivity contribution in [3.05, 3.63) is 35.4 Å². The molecule has 118 valence electrons. The number of aliphatic hydroxyl groups is 1. The molecule has 1 aliphatic rings. The lowest BCUT2D eigenvalue weighted by Gasteiger charge is -2.31. The van der Waals surface area contributed by atoms with Gasteiger partial charge in [0.05, 0.1) is 11.7 Å². The van der Waals surface area contributed by atoms with E-state index in [1.54, 1.807) is 0 Å². The third-order valence-corrected chi connectivity index (χ3v) is 4.31. The number of piperidine rings is 1. The summed E-state index contributed by atoms with van der Waals surface area (Å²) in [5.74, 6) is 0.598. The number of halogens is 3. The van der Waals surface area contributed by atoms with Gasteiger partial charge in [-0.15, -0.1) is 0 Å². The Balaban J connectivity index is 2.08. The van der Waals surface area contributed by atoms with Crippen molar-refractivity contribution < 1.29 is 18.3 Å². The second kappa shape index (κ2) is 6.79. The fourth-order valence-corrected chi connectivity index (χ4v) is 3.09. The van der Waals surface area contributed by atoms with Gasteiger partial charge in [0.2, 0.25) is 0 Å². The van der Waals surface area contributed by atoms with Crippen LogP contribution in [-0.4, -0.2) is 17.7 Å². The smallest absolute Gasteiger partial charge is 0.388 e. The van der Waals surface area contributed by atoms with E-state index in [2.05, 4.69) is 12.2 Å². The topological polar surface area (TPSA) is 32.3 Å². The summed E-state index contributed by atoms with van der Waals surface area (Å²) >= 11 is 0. The van der Waals surface area contributed by atoms with Crippen LogP contribution in [0.5, 0.6) is 0 Å². The van der Waals surface area contributed by atoms with E-state index in [-0.39, 0.29) is 11.6 Å². The lowest BCUT2D eigenvalue weighted by molar-refractivity contribution is -0.139. The number of alkyl halides is 3. The Hall–Kier alpha value is -1.07. The van der Waals surface area contributed by atoms with Gasteiger partial charge in [-0.25, -0.2) is 0 Å². The Morgan fingerprint density at radius 1 is 1.33 bits per heavy atom. The largest absolute Gasteiger partial charge is 0.416 e. The second-order valence-corrected chi connectivity index (χ2v) is 5.79. The minimum Gasteiger partial charge on any atom is -0.388 e. The molecule has 1 aliphatic heterocycles. The van der Waals surface area contributed by atoms with E-state index in [4.69, 9.17) is 0 Å². The molecule has 1 saturated heterocycles. The molecule has 1 fully saturated rings. The quantitative estimate of drug-likeness (QED) is 0.884. The lowest BCUT2D eigenvalue weighted by Crippen LogP contribution is -2.39. The number of rotatable bonds is 4. The van der Waals surface area contributed by atoms with Gasteiger partial charge >= 0.3 is 6.18 Å². The van der Waals surface area contributed by atoms with E-state index in [0.717, 1.165) is 31.9 Å². The van der Waals surface area contributed by atoms with Crippen molar-refractivity contribution >= 4 is 0 Å². The van der Waals surface area contributed by atoms with Crippen LogP contribution in [0.3, 0.4) is 0 Å². The van der Waals surface area contributed by atoms with Gasteiger partial charge in [-0.2, -0.15) is 13.2 Å². The van der Waals surface area contributed by atoms with Crippen LogP contribution in [0.4, 0.5) is 13.2 Å². The maximum Gasteiger partial charge on any atom is 0.416 e. The Morgan fingerprint density at radius 2 is 2.05 bits per heavy atom. The summed E-state index contributed by atoms with van der Waals surface area (Å²) in [7, 11) is 0. The average molecular weight is 301 g/mol. The maximum atomic E-state index is 13.0. The summed E-state index contributed by atoms with van der Waals surface area (Å²) < 4.78 is 38.9. The van der Waals surface area contributed by atoms with Crippen molar-refractivity contribution in [3.63, 3.8) is 0 Å². The molecule has 21 heavy (non-hydrogen) atoms. The number of hydrogen-bond acceptors (Lipinski definition) is 2. The van der Waals surface area contributed by atoms with Gasteiger partial charge in [-0.3, -0.25) is 0 Å². The van der Waals surface area contributed by atoms with Crippen molar-refractivity contribution in [2.24, 2.45) is 5.92 Å². The van der Waals surface area contributed by atoms with Crippen LogP contribution < -0.4 is 5.32 Å². The SMILES string of the molecule is CCC1CCNC(CC(O)c2ccccc2C(F)(F)F)C1. The summed E-state index contributed by atoms with van der Waals surface area (Å²) in [6.07, 6.45) is -2.10. The predicted molar refractivity (Wildman–Crippen MR) is 75.8 cm³/mol. The molecule has 0 amide bonds. The van der Waals surface area contributed by atoms with Crippen LogP contribution in [0.25, 0.3) is 0 Å². The van der Waals surface area contributed by atoms with Gasteiger partial charge < -0.3 is 10.4 Å². The van der Waals surface area contributed by atoms with Gasteiger partial charge in [-0.1, -0.05) is 31.5 Å². The van der Waals surface area contributed by atoms with E-state index in [9.17, 15) is 18.3 Å². The Kier molecular flexibility index (Phi) is 5.27. The van der Waals surface area contributed by atoms with Crippen molar-refractivity contribution in [1.82, 2.24) is 5.32 Å². The van der Waals surface area contributed by atoms with Crippen LogP contribution in [-0.2, 0) is 6.18 Å². The highest BCUT2D eigenvalue weighted by atomic mass is 19.4. The van der Waals surface area contributed by atoms with Crippen molar-refractivity contribution in [3.8, 4) is 0 Å². The molecular weight excluding hydrogens is 279 g/mol. The Bertz CT molecular complexity index is 461. The standard InChI is InChI=1S/C16H22F3NO/c1-2-11-7-8-20-12(9-11)10-15(21)13-5-3-4-6-14(13)16(17,18)19/h3-6,11-12,15,20-21H,2,7-10H2,1H3. The second-order valence-electron chi connectivity index (χ2n) is 5.79. The van der Waals surface area contributed by atoms with E-state index >= 15 is 0 Å². The van der Waals surface area contributed by atoms with Crippen molar-refractivity contribution in [1.29, 1.82) is 0 Å². The maximum absolute atomic E-state index is 13.0. The van der Waals surface area contributed by atoms with E-state index in [1.165, 1.54) is 18.2 Å². The van der Waals surface area contributed by atoms with Gasteiger partial charge in [0.1, 0.15) is 0 Å². The molecule has 1 aromatic rings. The fraction of sp³-hybridized carbons (Fsp3) is 0.625. The third kappa shape index (κ3) is 4.20. The first-order chi connectivity index (χ1) is 9.91. The zero-order chi connectivity index (χ0) is 15.5. The van der Waals surface area contributed by atoms with Crippen LogP contribution in [0, 0.1) is 5.92 Å². The monoisotopic (exact) mass is 301 g/mol. The van der Waals surface area contributed by atoms with Crippen LogP contribution in [0.1, 0.15) is 49.8 Å². The first-order valence-electron chi connectivity index (χ1n) is 7.49. The molecule has 3 atom stereocenters. The molecule has 0 aliphatic carbocycles. The molecular formula is C16H22F3NO. The summed E-state index contributed by atoms with van der Waals surface area (Å²) in [5, 5.41) is 13.5. The number of benzene rings is 1. The molecule has 3 unspecified atom stereocenters. The number of hydrogen-bond donors (Lipinski definition) is 2. The highest BCUT2D eigenvalue weighted by Crippen LogP contribution is 2.36. The van der Waals surface area contributed by atoms with Gasteiger partial charge in [0.25, 0.3) is 0 Å². The van der Waals surface area contributed by atoms with Crippen LogP contribution in [0.15, 0.2) is 24.3 Å². The fourth-order valence-electron chi connectivity index (χ4n) is 3.09. The summed E-state index contributed by atoms with van der Waals surface area (Å²) in [6, 6.07) is 5.37. The molecule has 0 bridgehead atoms. The summed E-state index contributed by atoms with van der Waals surface area (Å²) in [5.41, 5.74) is -0.759. The predicted octanol–water partition coefficient (Wildman–Crippen LogP) is 3.91. The lowest BCUT2D eigenvalue weighted by atomic mass is 9.86. The summed E-state index contributed by atoms with van der Waals surface area (Å²) in [4.78, 5) is 0. The molecule has 1 aromatic carbocycles. The zero-order valence-corrected chi connectivity index (χ0v) is 12.2. The molecule has 0 spiro atoms. The molecule has 0 saturated carbocycles. The van der Waals surface area contributed by atoms with E-state index in [0.29, 0.717) is 12.3 Å². The van der Waals surface area contributed by atoms with Gasteiger partial charge in [0.15, 0.2) is 0 Å². The van der Waals surface area contributed by atoms with Crippen molar-refractivity contribution in [2.45, 2.75) is 50.9 Å². The Labute approximate surface area is 123 Å². The third-order valence-electron chi connectivity index (χ3n) is 4.31. The van der Waals surface area contributed by atoms with Gasteiger partial charge in [0, 0.05) is 6.04 Å². The average Bonchev–Trinajstić information content (AvgIpc) is 2.46. The number of aliphatic hydroxyl groups excluding tert-OH is 1. The number of nitrogens with one attached hydrogen (secondary N) is 1. The highest BCUT2D eigenvalue weighted by molar-refractivity contribution is 5.31. The Morgan fingerprint density at radius 3 is 2.71 bits per heavy atom. The molecule has 5 heteroatoms. The molecule has 1 heterocycles. The van der Waals surface area contributed by atoms with Crippen LogP contribution in [0.2, 0.25) is 0 Å². The first kappa shape index (κ1) is 16.3. The normalized spacial score (nSPS) is 24.8. The highest BCUT2D eigenvalue weighted by Gasteiger charge is 2.35. The summed E-state index contributed by atoms with van der Waals surface area (Å²) in [6.45, 7) is 3.00. The van der Waals surface area contributed by atoms with Crippen LogP contribution >= 0.6 is 0 Å². The van der Waals surface area contributed by atoms with Gasteiger partial charge in [-0.05, 0) is 43.4 Å². The molecule has 2 rings (SSSR count).